The summed E-state index contributed by atoms with van der Waals surface area (Å²) in [7, 11) is 0. The number of rotatable bonds is 2. The molecular weight excluding hydrogens is 252 g/mol. The third-order valence-corrected chi connectivity index (χ3v) is 4.81. The first-order valence-corrected chi connectivity index (χ1v) is 7.53. The zero-order valence-corrected chi connectivity index (χ0v) is 12.0. The van der Waals surface area contributed by atoms with Crippen LogP contribution in [0.4, 0.5) is 5.82 Å². The highest BCUT2D eigenvalue weighted by Gasteiger charge is 2.24. The summed E-state index contributed by atoms with van der Waals surface area (Å²) in [5.41, 5.74) is 1.14. The molecule has 0 amide bonds. The van der Waals surface area contributed by atoms with Crippen molar-refractivity contribution >= 4 is 29.2 Å². The highest BCUT2D eigenvalue weighted by Crippen LogP contribution is 2.32. The summed E-state index contributed by atoms with van der Waals surface area (Å²) in [5.74, 6) is 2.77. The molecule has 1 aromatic rings. The van der Waals surface area contributed by atoms with Gasteiger partial charge < -0.3 is 4.90 Å². The van der Waals surface area contributed by atoms with E-state index in [9.17, 15) is 0 Å². The Morgan fingerprint density at radius 1 is 1.47 bits per heavy atom. The maximum Gasteiger partial charge on any atom is 0.132 e. The SMILES string of the molecule is CC1(C)CCN(c2ncccc2CCl)CCS1. The molecule has 0 aromatic carbocycles. The second-order valence-electron chi connectivity index (χ2n) is 4.96. The van der Waals surface area contributed by atoms with Crippen LogP contribution >= 0.6 is 23.4 Å². The molecule has 17 heavy (non-hydrogen) atoms. The van der Waals surface area contributed by atoms with E-state index in [-0.39, 0.29) is 0 Å². The number of thioether (sulfide) groups is 1. The van der Waals surface area contributed by atoms with Gasteiger partial charge in [-0.1, -0.05) is 19.9 Å². The number of halogens is 1. The predicted octanol–water partition coefficient (Wildman–Crippen LogP) is 3.54. The van der Waals surface area contributed by atoms with Crippen molar-refractivity contribution in [3.8, 4) is 0 Å². The first-order valence-electron chi connectivity index (χ1n) is 6.01. The first-order chi connectivity index (χ1) is 8.12. The van der Waals surface area contributed by atoms with Crippen molar-refractivity contribution < 1.29 is 0 Å². The average molecular weight is 271 g/mol. The highest BCUT2D eigenvalue weighted by atomic mass is 35.5. The normalized spacial score (nSPS) is 20.1. The number of nitrogens with zero attached hydrogens (tertiary/aromatic N) is 2. The molecule has 2 nitrogen and oxygen atoms in total. The molecular formula is C13H19ClN2S. The van der Waals surface area contributed by atoms with Crippen LogP contribution in [-0.4, -0.2) is 28.6 Å². The van der Waals surface area contributed by atoms with E-state index in [2.05, 4.69) is 41.6 Å². The van der Waals surface area contributed by atoms with Crippen LogP contribution in [-0.2, 0) is 5.88 Å². The molecule has 0 aliphatic carbocycles. The molecule has 4 heteroatoms. The van der Waals surface area contributed by atoms with Gasteiger partial charge in [0.15, 0.2) is 0 Å². The van der Waals surface area contributed by atoms with Crippen molar-refractivity contribution in [1.82, 2.24) is 4.98 Å². The van der Waals surface area contributed by atoms with Crippen molar-refractivity contribution in [2.75, 3.05) is 23.7 Å². The first kappa shape index (κ1) is 13.0. The van der Waals surface area contributed by atoms with Crippen LogP contribution < -0.4 is 4.90 Å². The van der Waals surface area contributed by atoms with Crippen LogP contribution in [0.15, 0.2) is 18.3 Å². The van der Waals surface area contributed by atoms with E-state index >= 15 is 0 Å². The molecule has 94 valence electrons. The summed E-state index contributed by atoms with van der Waals surface area (Å²) >= 11 is 8.03. The van der Waals surface area contributed by atoms with Crippen LogP contribution in [0.5, 0.6) is 0 Å². The summed E-state index contributed by atoms with van der Waals surface area (Å²) in [6.07, 6.45) is 3.05. The summed E-state index contributed by atoms with van der Waals surface area (Å²) < 4.78 is 0.380. The molecule has 2 rings (SSSR count). The van der Waals surface area contributed by atoms with Gasteiger partial charge >= 0.3 is 0 Å². The number of anilines is 1. The maximum atomic E-state index is 5.98. The quantitative estimate of drug-likeness (QED) is 0.765. The number of alkyl halides is 1. The molecule has 1 aromatic heterocycles. The zero-order valence-electron chi connectivity index (χ0n) is 10.4. The molecule has 0 bridgehead atoms. The van der Waals surface area contributed by atoms with Gasteiger partial charge in [0.05, 0.1) is 5.88 Å². The Hall–Kier alpha value is -0.410. The molecule has 0 saturated carbocycles. The van der Waals surface area contributed by atoms with Gasteiger partial charge in [-0.05, 0) is 12.5 Å². The van der Waals surface area contributed by atoms with Crippen molar-refractivity contribution in [1.29, 1.82) is 0 Å². The third-order valence-electron chi connectivity index (χ3n) is 3.15. The maximum absolute atomic E-state index is 5.98. The van der Waals surface area contributed by atoms with E-state index in [0.717, 1.165) is 30.2 Å². The van der Waals surface area contributed by atoms with Gasteiger partial charge in [-0.2, -0.15) is 11.8 Å². The van der Waals surface area contributed by atoms with Crippen LogP contribution in [0.3, 0.4) is 0 Å². The summed E-state index contributed by atoms with van der Waals surface area (Å²) in [6, 6.07) is 4.02. The molecule has 2 heterocycles. The standard InChI is InChI=1S/C13H19ClN2S/c1-13(2)5-7-16(8-9-17-13)12-11(10-14)4-3-6-15-12/h3-4,6H,5,7-10H2,1-2H3. The van der Waals surface area contributed by atoms with E-state index in [1.807, 2.05) is 12.3 Å². The Morgan fingerprint density at radius 2 is 2.29 bits per heavy atom. The van der Waals surface area contributed by atoms with Crippen LogP contribution in [0.25, 0.3) is 0 Å². The summed E-state index contributed by atoms with van der Waals surface area (Å²) in [5, 5.41) is 0. The molecule has 0 radical (unpaired) electrons. The lowest BCUT2D eigenvalue weighted by Crippen LogP contribution is -2.28. The predicted molar refractivity (Wildman–Crippen MR) is 77.2 cm³/mol. The zero-order chi connectivity index (χ0) is 12.3. The van der Waals surface area contributed by atoms with Gasteiger partial charge in [-0.3, -0.25) is 0 Å². The lowest BCUT2D eigenvalue weighted by molar-refractivity contribution is 0.634. The second-order valence-corrected chi connectivity index (χ2v) is 7.03. The van der Waals surface area contributed by atoms with Crippen LogP contribution in [0.2, 0.25) is 0 Å². The molecule has 0 spiro atoms. The van der Waals surface area contributed by atoms with Crippen molar-refractivity contribution in [3.05, 3.63) is 23.9 Å². The van der Waals surface area contributed by atoms with E-state index in [1.54, 1.807) is 0 Å². The largest absolute Gasteiger partial charge is 0.355 e. The van der Waals surface area contributed by atoms with Crippen molar-refractivity contribution in [2.45, 2.75) is 30.9 Å². The van der Waals surface area contributed by atoms with Gasteiger partial charge in [0.2, 0.25) is 0 Å². The monoisotopic (exact) mass is 270 g/mol. The molecule has 1 fully saturated rings. The molecule has 1 aliphatic heterocycles. The van der Waals surface area contributed by atoms with Crippen LogP contribution in [0.1, 0.15) is 25.8 Å². The number of pyridine rings is 1. The van der Waals surface area contributed by atoms with Gasteiger partial charge in [0, 0.05) is 35.3 Å². The molecule has 0 unspecified atom stereocenters. The van der Waals surface area contributed by atoms with Gasteiger partial charge in [0.1, 0.15) is 5.82 Å². The van der Waals surface area contributed by atoms with E-state index < -0.39 is 0 Å². The van der Waals surface area contributed by atoms with E-state index in [1.165, 1.54) is 6.42 Å². The lowest BCUT2D eigenvalue weighted by atomic mass is 10.1. The van der Waals surface area contributed by atoms with Gasteiger partial charge in [0.25, 0.3) is 0 Å². The fraction of sp³-hybridized carbons (Fsp3) is 0.615. The third kappa shape index (κ3) is 3.29. The summed E-state index contributed by atoms with van der Waals surface area (Å²) in [6.45, 7) is 6.78. The van der Waals surface area contributed by atoms with E-state index in [0.29, 0.717) is 10.6 Å². The fourth-order valence-corrected chi connectivity index (χ4v) is 3.36. The Morgan fingerprint density at radius 3 is 3.06 bits per heavy atom. The number of hydrogen-bond donors (Lipinski definition) is 0. The second kappa shape index (κ2) is 5.49. The fourth-order valence-electron chi connectivity index (χ4n) is 2.05. The molecule has 1 saturated heterocycles. The molecule has 1 aliphatic rings. The van der Waals surface area contributed by atoms with Gasteiger partial charge in [-0.25, -0.2) is 4.98 Å². The minimum Gasteiger partial charge on any atom is -0.355 e. The minimum atomic E-state index is 0.380. The topological polar surface area (TPSA) is 16.1 Å². The Bertz CT molecular complexity index is 381. The number of aromatic nitrogens is 1. The molecule has 0 N–H and O–H groups in total. The van der Waals surface area contributed by atoms with Gasteiger partial charge in [-0.15, -0.1) is 11.6 Å². The highest BCUT2D eigenvalue weighted by molar-refractivity contribution is 8.00. The Kier molecular flexibility index (Phi) is 4.21. The minimum absolute atomic E-state index is 0.380. The smallest absolute Gasteiger partial charge is 0.132 e. The van der Waals surface area contributed by atoms with Crippen molar-refractivity contribution in [2.24, 2.45) is 0 Å². The number of hydrogen-bond acceptors (Lipinski definition) is 3. The van der Waals surface area contributed by atoms with Crippen LogP contribution in [0, 0.1) is 0 Å². The average Bonchev–Trinajstić information content (AvgIpc) is 2.50. The lowest BCUT2D eigenvalue weighted by Gasteiger charge is -2.24. The Labute approximate surface area is 113 Å². The summed E-state index contributed by atoms with van der Waals surface area (Å²) in [4.78, 5) is 6.87. The molecule has 0 atom stereocenters. The Balaban J connectivity index is 2.17. The van der Waals surface area contributed by atoms with E-state index in [4.69, 9.17) is 11.6 Å². The van der Waals surface area contributed by atoms with Crippen molar-refractivity contribution in [3.63, 3.8) is 0 Å².